The fourth-order valence-electron chi connectivity index (χ4n) is 2.92. The Balaban J connectivity index is 1.78. The minimum Gasteiger partial charge on any atom is -0.353 e. The van der Waals surface area contributed by atoms with Crippen LogP contribution in [-0.2, 0) is 0 Å². The fraction of sp³-hybridized carbons (Fsp3) is 0.312. The lowest BCUT2D eigenvalue weighted by Crippen LogP contribution is -2.35. The van der Waals surface area contributed by atoms with Gasteiger partial charge in [-0.2, -0.15) is 0 Å². The second-order valence-electron chi connectivity index (χ2n) is 5.64. The molecule has 4 rings (SSSR count). The van der Waals surface area contributed by atoms with Crippen LogP contribution < -0.4 is 4.90 Å². The van der Waals surface area contributed by atoms with Gasteiger partial charge in [0.1, 0.15) is 12.0 Å². The molecule has 118 valence electrons. The van der Waals surface area contributed by atoms with Gasteiger partial charge in [0.15, 0.2) is 11.6 Å². The highest BCUT2D eigenvalue weighted by atomic mass is 19.1. The van der Waals surface area contributed by atoms with E-state index in [4.69, 9.17) is 0 Å². The Bertz CT molecular complexity index is 839. The van der Waals surface area contributed by atoms with Crippen molar-refractivity contribution in [3.8, 4) is 11.4 Å². The van der Waals surface area contributed by atoms with Gasteiger partial charge in [-0.1, -0.05) is 12.1 Å². The summed E-state index contributed by atoms with van der Waals surface area (Å²) in [5, 5.41) is 8.39. The van der Waals surface area contributed by atoms with E-state index < -0.39 is 6.17 Å². The summed E-state index contributed by atoms with van der Waals surface area (Å²) in [6.45, 7) is 1.21. The van der Waals surface area contributed by atoms with Crippen LogP contribution in [0.3, 0.4) is 0 Å². The molecule has 0 bridgehead atoms. The molecular formula is C16H15F2N5. The monoisotopic (exact) mass is 315 g/mol. The van der Waals surface area contributed by atoms with Crippen LogP contribution in [0.5, 0.6) is 0 Å². The van der Waals surface area contributed by atoms with Crippen molar-refractivity contribution in [1.82, 2.24) is 19.6 Å². The first kappa shape index (κ1) is 14.0. The van der Waals surface area contributed by atoms with Crippen LogP contribution in [0, 0.1) is 5.82 Å². The van der Waals surface area contributed by atoms with Gasteiger partial charge < -0.3 is 4.90 Å². The van der Waals surface area contributed by atoms with E-state index in [0.29, 0.717) is 48.8 Å². The van der Waals surface area contributed by atoms with Gasteiger partial charge in [-0.25, -0.2) is 13.8 Å². The highest BCUT2D eigenvalue weighted by Crippen LogP contribution is 2.26. The zero-order valence-electron chi connectivity index (χ0n) is 12.4. The molecule has 23 heavy (non-hydrogen) atoms. The van der Waals surface area contributed by atoms with E-state index in [0.717, 1.165) is 0 Å². The lowest BCUT2D eigenvalue weighted by atomic mass is 10.1. The number of aromatic nitrogens is 4. The Morgan fingerprint density at radius 3 is 2.74 bits per heavy atom. The van der Waals surface area contributed by atoms with Crippen LogP contribution in [-0.4, -0.2) is 38.8 Å². The smallest absolute Gasteiger partial charge is 0.204 e. The maximum absolute atomic E-state index is 13.5. The largest absolute Gasteiger partial charge is 0.353 e. The molecule has 3 aromatic rings. The van der Waals surface area contributed by atoms with Crippen molar-refractivity contribution in [2.24, 2.45) is 0 Å². The summed E-state index contributed by atoms with van der Waals surface area (Å²) in [5.74, 6) is 0.927. The van der Waals surface area contributed by atoms with Crippen LogP contribution in [0.15, 0.2) is 36.7 Å². The number of rotatable bonds is 2. The molecule has 0 spiro atoms. The lowest BCUT2D eigenvalue weighted by molar-refractivity contribution is 0.277. The summed E-state index contributed by atoms with van der Waals surface area (Å²) in [6, 6.07) is 6.24. The van der Waals surface area contributed by atoms with E-state index in [1.54, 1.807) is 28.9 Å². The van der Waals surface area contributed by atoms with E-state index in [9.17, 15) is 8.78 Å². The molecule has 1 fully saturated rings. The zero-order chi connectivity index (χ0) is 15.8. The molecule has 0 N–H and O–H groups in total. The summed E-state index contributed by atoms with van der Waals surface area (Å²) >= 11 is 0. The maximum atomic E-state index is 13.5. The van der Waals surface area contributed by atoms with E-state index in [1.165, 1.54) is 12.1 Å². The summed E-state index contributed by atoms with van der Waals surface area (Å²) in [5.41, 5.74) is 1.25. The molecule has 3 heterocycles. The number of nitrogens with zero attached hydrogens (tertiary/aromatic N) is 5. The second-order valence-corrected chi connectivity index (χ2v) is 5.64. The van der Waals surface area contributed by atoms with Crippen LogP contribution in [0.25, 0.3) is 17.0 Å². The maximum Gasteiger partial charge on any atom is 0.204 e. The summed E-state index contributed by atoms with van der Waals surface area (Å²) < 4.78 is 28.6. The van der Waals surface area contributed by atoms with Gasteiger partial charge in [-0.3, -0.25) is 4.40 Å². The van der Waals surface area contributed by atoms with Gasteiger partial charge in [0.25, 0.3) is 0 Å². The fourth-order valence-corrected chi connectivity index (χ4v) is 2.92. The third-order valence-electron chi connectivity index (χ3n) is 4.12. The van der Waals surface area contributed by atoms with Gasteiger partial charge in [0.2, 0.25) is 5.65 Å². The standard InChI is InChI=1S/C16H15F2N5/c17-12-4-7-22(8-5-12)15-16-21-20-14(23(16)9-6-19-15)11-2-1-3-13(18)10-11/h1-3,6,9-10,12H,4-5,7-8H2. The molecule has 2 aromatic heterocycles. The van der Waals surface area contributed by atoms with Crippen molar-refractivity contribution in [2.45, 2.75) is 19.0 Å². The van der Waals surface area contributed by atoms with Crippen LogP contribution in [0.2, 0.25) is 0 Å². The molecule has 0 unspecified atom stereocenters. The number of benzene rings is 1. The number of piperidine rings is 1. The number of alkyl halides is 1. The summed E-state index contributed by atoms with van der Waals surface area (Å²) in [4.78, 5) is 6.41. The van der Waals surface area contributed by atoms with Crippen molar-refractivity contribution in [3.05, 3.63) is 42.5 Å². The normalized spacial score (nSPS) is 16.2. The first-order valence-electron chi connectivity index (χ1n) is 7.57. The third kappa shape index (κ3) is 2.52. The van der Waals surface area contributed by atoms with Crippen LogP contribution >= 0.6 is 0 Å². The summed E-state index contributed by atoms with van der Waals surface area (Å²) in [7, 11) is 0. The first-order chi connectivity index (χ1) is 11.2. The van der Waals surface area contributed by atoms with Gasteiger partial charge >= 0.3 is 0 Å². The average molecular weight is 315 g/mol. The Labute approximate surface area is 131 Å². The molecule has 7 heteroatoms. The highest BCUT2D eigenvalue weighted by Gasteiger charge is 2.22. The van der Waals surface area contributed by atoms with E-state index >= 15 is 0 Å². The average Bonchev–Trinajstić information content (AvgIpc) is 3.00. The molecule has 1 saturated heterocycles. The molecule has 0 saturated carbocycles. The number of hydrogen-bond acceptors (Lipinski definition) is 4. The van der Waals surface area contributed by atoms with Crippen molar-refractivity contribution in [1.29, 1.82) is 0 Å². The first-order valence-corrected chi connectivity index (χ1v) is 7.57. The van der Waals surface area contributed by atoms with Gasteiger partial charge in [0, 0.05) is 31.0 Å². The highest BCUT2D eigenvalue weighted by molar-refractivity contribution is 5.68. The molecule has 0 radical (unpaired) electrons. The van der Waals surface area contributed by atoms with Crippen LogP contribution in [0.1, 0.15) is 12.8 Å². The molecule has 0 aliphatic carbocycles. The second kappa shape index (κ2) is 5.57. The topological polar surface area (TPSA) is 46.3 Å². The number of halogens is 2. The molecule has 1 aliphatic rings. The van der Waals surface area contributed by atoms with E-state index in [2.05, 4.69) is 15.2 Å². The molecule has 0 atom stereocenters. The molecular weight excluding hydrogens is 300 g/mol. The molecule has 0 amide bonds. The SMILES string of the molecule is Fc1cccc(-c2nnc3c(N4CCC(F)CC4)nccn23)c1. The third-order valence-corrected chi connectivity index (χ3v) is 4.12. The van der Waals surface area contributed by atoms with Crippen molar-refractivity contribution in [2.75, 3.05) is 18.0 Å². The number of hydrogen-bond donors (Lipinski definition) is 0. The Kier molecular flexibility index (Phi) is 3.40. The predicted octanol–water partition coefficient (Wildman–Crippen LogP) is 2.87. The molecule has 1 aliphatic heterocycles. The van der Waals surface area contributed by atoms with Crippen molar-refractivity contribution >= 4 is 11.5 Å². The minimum absolute atomic E-state index is 0.321. The summed E-state index contributed by atoms with van der Waals surface area (Å²) in [6.07, 6.45) is 3.66. The van der Waals surface area contributed by atoms with Gasteiger partial charge in [-0.15, -0.1) is 10.2 Å². The van der Waals surface area contributed by atoms with Gasteiger partial charge in [-0.05, 0) is 25.0 Å². The lowest BCUT2D eigenvalue weighted by Gasteiger charge is -2.29. The quantitative estimate of drug-likeness (QED) is 0.729. The minimum atomic E-state index is -0.744. The van der Waals surface area contributed by atoms with E-state index in [-0.39, 0.29) is 5.82 Å². The Hall–Kier alpha value is -2.57. The predicted molar refractivity (Wildman–Crippen MR) is 82.5 cm³/mol. The zero-order valence-corrected chi connectivity index (χ0v) is 12.4. The van der Waals surface area contributed by atoms with Crippen LogP contribution in [0.4, 0.5) is 14.6 Å². The van der Waals surface area contributed by atoms with Crippen molar-refractivity contribution in [3.63, 3.8) is 0 Å². The molecule has 5 nitrogen and oxygen atoms in total. The molecule has 1 aromatic carbocycles. The van der Waals surface area contributed by atoms with Crippen molar-refractivity contribution < 1.29 is 8.78 Å². The number of fused-ring (bicyclic) bond motifs is 1. The Morgan fingerprint density at radius 2 is 1.96 bits per heavy atom. The van der Waals surface area contributed by atoms with Gasteiger partial charge in [0.05, 0.1) is 0 Å². The number of anilines is 1. The van der Waals surface area contributed by atoms with E-state index in [1.807, 2.05) is 4.90 Å². The Morgan fingerprint density at radius 1 is 1.13 bits per heavy atom.